The van der Waals surface area contributed by atoms with Gasteiger partial charge in [0.2, 0.25) is 0 Å². The molecule has 2 bridgehead atoms. The molecule has 2 nitrogen and oxygen atoms in total. The van der Waals surface area contributed by atoms with Gasteiger partial charge in [-0.25, -0.2) is 0 Å². The zero-order valence-corrected chi connectivity index (χ0v) is 10.2. The lowest BCUT2D eigenvalue weighted by molar-refractivity contribution is -0.158. The van der Waals surface area contributed by atoms with Crippen molar-refractivity contribution in [3.63, 3.8) is 0 Å². The number of hydrogen-bond donors (Lipinski definition) is 0. The summed E-state index contributed by atoms with van der Waals surface area (Å²) in [5.41, 5.74) is 0.00766. The van der Waals surface area contributed by atoms with Crippen molar-refractivity contribution < 1.29 is 9.59 Å². The largest absolute Gasteiger partial charge is 0.299 e. The Morgan fingerprint density at radius 2 is 2.00 bits per heavy atom. The predicted molar refractivity (Wildman–Crippen MR) is 60.8 cm³/mol. The van der Waals surface area contributed by atoms with Gasteiger partial charge in [0.1, 0.15) is 11.6 Å². The molecule has 0 amide bonds. The van der Waals surface area contributed by atoms with Gasteiger partial charge in [0, 0.05) is 24.7 Å². The summed E-state index contributed by atoms with van der Waals surface area (Å²) in [4.78, 5) is 24.2. The fourth-order valence-electron chi connectivity index (χ4n) is 4.68. The third-order valence-corrected chi connectivity index (χ3v) is 5.28. The smallest absolute Gasteiger partial charge is 0.137 e. The molecule has 88 valence electrons. The molecule has 0 aliphatic heterocycles. The number of hydrogen-bond acceptors (Lipinski definition) is 2. The van der Waals surface area contributed by atoms with Crippen LogP contribution in [-0.4, -0.2) is 11.6 Å². The van der Waals surface area contributed by atoms with E-state index in [0.29, 0.717) is 29.8 Å². The summed E-state index contributed by atoms with van der Waals surface area (Å²) in [5, 5.41) is 0. The minimum Gasteiger partial charge on any atom is -0.299 e. The molecule has 0 heterocycles. The average molecular weight is 220 g/mol. The molecule has 0 aromatic carbocycles. The van der Waals surface area contributed by atoms with Crippen LogP contribution in [0.1, 0.15) is 46.0 Å². The zero-order chi connectivity index (χ0) is 11.5. The van der Waals surface area contributed by atoms with Crippen LogP contribution in [0.5, 0.6) is 0 Å². The van der Waals surface area contributed by atoms with Crippen molar-refractivity contribution in [3.8, 4) is 0 Å². The maximum atomic E-state index is 12.2. The third kappa shape index (κ3) is 1.25. The third-order valence-electron chi connectivity index (χ3n) is 5.28. The lowest BCUT2D eigenvalue weighted by Gasteiger charge is -2.56. The van der Waals surface area contributed by atoms with Crippen LogP contribution in [0.4, 0.5) is 0 Å². The maximum Gasteiger partial charge on any atom is 0.137 e. The molecule has 5 atom stereocenters. The highest BCUT2D eigenvalue weighted by molar-refractivity contribution is 5.90. The second-order valence-corrected chi connectivity index (χ2v) is 6.60. The molecule has 0 N–H and O–H groups in total. The van der Waals surface area contributed by atoms with Crippen LogP contribution in [0, 0.1) is 29.1 Å². The SMILES string of the molecule is C[C@@H]1CC(=O)[C@@H]2[C@H](C1)[C@@H]1CC[C@]2(C)CC1=O. The number of Topliss-reactive ketones (excluding diaryl/α,β-unsaturated/α-hetero) is 2. The standard InChI is InChI=1S/C14H20O2/c1-8-5-10-9-3-4-14(2,7-12(9)16)13(10)11(15)6-8/h8-10,13H,3-7H2,1-2H3/t8-,9-,10+,13-,14+/m0/s1. The molecule has 0 aromatic rings. The fourth-order valence-corrected chi connectivity index (χ4v) is 4.68. The molecule has 0 aromatic heterocycles. The molecular formula is C14H20O2. The van der Waals surface area contributed by atoms with Gasteiger partial charge in [-0.15, -0.1) is 0 Å². The van der Waals surface area contributed by atoms with Crippen molar-refractivity contribution in [1.29, 1.82) is 0 Å². The Labute approximate surface area is 96.8 Å². The van der Waals surface area contributed by atoms with Gasteiger partial charge in [0.15, 0.2) is 0 Å². The van der Waals surface area contributed by atoms with Gasteiger partial charge < -0.3 is 0 Å². The van der Waals surface area contributed by atoms with Crippen molar-refractivity contribution in [3.05, 3.63) is 0 Å². The highest BCUT2D eigenvalue weighted by Gasteiger charge is 2.58. The number of carbonyl (C=O) groups is 2. The Hall–Kier alpha value is -0.660. The van der Waals surface area contributed by atoms with E-state index in [-0.39, 0.29) is 17.3 Å². The van der Waals surface area contributed by atoms with Gasteiger partial charge in [-0.3, -0.25) is 9.59 Å². The topological polar surface area (TPSA) is 34.1 Å². The highest BCUT2D eigenvalue weighted by atomic mass is 16.1. The molecule has 4 aliphatic rings. The van der Waals surface area contributed by atoms with Crippen LogP contribution in [0.15, 0.2) is 0 Å². The number of fused-ring (bicyclic) bond motifs is 2. The summed E-state index contributed by atoms with van der Waals surface area (Å²) in [6, 6.07) is 0. The quantitative estimate of drug-likeness (QED) is 0.629. The fraction of sp³-hybridized carbons (Fsp3) is 0.857. The summed E-state index contributed by atoms with van der Waals surface area (Å²) in [6.45, 7) is 4.33. The molecule has 16 heavy (non-hydrogen) atoms. The first kappa shape index (κ1) is 10.5. The van der Waals surface area contributed by atoms with E-state index in [2.05, 4.69) is 13.8 Å². The second kappa shape index (κ2) is 3.18. The first-order valence-electron chi connectivity index (χ1n) is 6.57. The molecule has 4 saturated carbocycles. The van der Waals surface area contributed by atoms with Crippen LogP contribution >= 0.6 is 0 Å². The van der Waals surface area contributed by atoms with Gasteiger partial charge in [-0.2, -0.15) is 0 Å². The number of ketones is 2. The molecule has 4 rings (SSSR count). The summed E-state index contributed by atoms with van der Waals surface area (Å²) in [5.74, 6) is 2.19. The van der Waals surface area contributed by atoms with Gasteiger partial charge in [0.05, 0.1) is 0 Å². The molecule has 2 heteroatoms. The Balaban J connectivity index is 2.00. The van der Waals surface area contributed by atoms with Crippen LogP contribution in [-0.2, 0) is 9.59 Å². The average Bonchev–Trinajstić information content (AvgIpc) is 2.14. The minimum absolute atomic E-state index is 0.00766. The van der Waals surface area contributed by atoms with E-state index in [9.17, 15) is 9.59 Å². The van der Waals surface area contributed by atoms with Crippen molar-refractivity contribution in [2.75, 3.05) is 0 Å². The summed E-state index contributed by atoms with van der Waals surface area (Å²) >= 11 is 0. The van der Waals surface area contributed by atoms with E-state index >= 15 is 0 Å². The Bertz CT molecular complexity index is 360. The van der Waals surface area contributed by atoms with Crippen LogP contribution in [0.2, 0.25) is 0 Å². The van der Waals surface area contributed by atoms with Gasteiger partial charge in [-0.05, 0) is 36.5 Å². The Kier molecular flexibility index (Phi) is 2.08. The first-order valence-corrected chi connectivity index (χ1v) is 6.57. The molecule has 0 radical (unpaired) electrons. The van der Waals surface area contributed by atoms with E-state index < -0.39 is 0 Å². The van der Waals surface area contributed by atoms with Crippen molar-refractivity contribution in [2.45, 2.75) is 46.0 Å². The van der Waals surface area contributed by atoms with Gasteiger partial charge in [-0.1, -0.05) is 13.8 Å². The van der Waals surface area contributed by atoms with E-state index in [1.54, 1.807) is 0 Å². The summed E-state index contributed by atoms with van der Waals surface area (Å²) < 4.78 is 0. The Morgan fingerprint density at radius 1 is 1.25 bits per heavy atom. The maximum absolute atomic E-state index is 12.2. The van der Waals surface area contributed by atoms with Crippen molar-refractivity contribution >= 4 is 11.6 Å². The van der Waals surface area contributed by atoms with E-state index in [1.807, 2.05) is 0 Å². The number of rotatable bonds is 0. The lowest BCUT2D eigenvalue weighted by Crippen LogP contribution is -2.56. The molecular weight excluding hydrogens is 200 g/mol. The predicted octanol–water partition coefficient (Wildman–Crippen LogP) is 2.61. The lowest BCUT2D eigenvalue weighted by atomic mass is 9.46. The van der Waals surface area contributed by atoms with Crippen LogP contribution in [0.3, 0.4) is 0 Å². The van der Waals surface area contributed by atoms with E-state index in [0.717, 1.165) is 25.7 Å². The summed E-state index contributed by atoms with van der Waals surface area (Å²) in [7, 11) is 0. The van der Waals surface area contributed by atoms with Gasteiger partial charge in [0.25, 0.3) is 0 Å². The minimum atomic E-state index is 0.00766. The van der Waals surface area contributed by atoms with Crippen molar-refractivity contribution in [2.24, 2.45) is 29.1 Å². The zero-order valence-electron chi connectivity index (χ0n) is 10.2. The molecule has 0 spiro atoms. The second-order valence-electron chi connectivity index (χ2n) is 6.60. The number of carbonyl (C=O) groups excluding carboxylic acids is 2. The van der Waals surface area contributed by atoms with Crippen LogP contribution in [0.25, 0.3) is 0 Å². The van der Waals surface area contributed by atoms with Gasteiger partial charge >= 0.3 is 0 Å². The van der Waals surface area contributed by atoms with E-state index in [1.165, 1.54) is 0 Å². The monoisotopic (exact) mass is 220 g/mol. The molecule has 0 unspecified atom stereocenters. The Morgan fingerprint density at radius 3 is 2.69 bits per heavy atom. The highest BCUT2D eigenvalue weighted by Crippen LogP contribution is 2.58. The molecule has 4 fully saturated rings. The molecule has 0 saturated heterocycles. The van der Waals surface area contributed by atoms with E-state index in [4.69, 9.17) is 0 Å². The normalized spacial score (nSPS) is 51.6. The molecule has 4 aliphatic carbocycles. The van der Waals surface area contributed by atoms with Crippen LogP contribution < -0.4 is 0 Å². The first-order chi connectivity index (χ1) is 7.51. The summed E-state index contributed by atoms with van der Waals surface area (Å²) in [6.07, 6.45) is 4.64. The van der Waals surface area contributed by atoms with Crippen molar-refractivity contribution in [1.82, 2.24) is 0 Å².